The van der Waals surface area contributed by atoms with Crippen LogP contribution in [0.15, 0.2) is 57.7 Å². The van der Waals surface area contributed by atoms with Crippen molar-refractivity contribution in [1.82, 2.24) is 0 Å². The van der Waals surface area contributed by atoms with Crippen LogP contribution < -0.4 is 14.9 Å². The lowest BCUT2D eigenvalue weighted by Crippen LogP contribution is -2.11. The molecule has 1 heterocycles. The first-order valence-electron chi connectivity index (χ1n) is 7.67. The number of hydrogen-bond acceptors (Lipinski definition) is 4. The lowest BCUT2D eigenvalue weighted by Gasteiger charge is -2.12. The summed E-state index contributed by atoms with van der Waals surface area (Å²) in [7, 11) is 0. The van der Waals surface area contributed by atoms with Gasteiger partial charge in [-0.15, -0.1) is 0 Å². The van der Waals surface area contributed by atoms with E-state index in [0.29, 0.717) is 35.7 Å². The fraction of sp³-hybridized carbons (Fsp3) is 0.211. The molecule has 0 atom stereocenters. The molecular weight excluding hydrogens is 292 g/mol. The van der Waals surface area contributed by atoms with E-state index in [0.717, 1.165) is 5.56 Å². The Balaban J connectivity index is 2.34. The summed E-state index contributed by atoms with van der Waals surface area (Å²) in [6.45, 7) is 4.57. The van der Waals surface area contributed by atoms with E-state index >= 15 is 0 Å². The molecule has 118 valence electrons. The molecule has 3 aromatic rings. The van der Waals surface area contributed by atoms with Gasteiger partial charge in [0.1, 0.15) is 16.7 Å². The van der Waals surface area contributed by atoms with Crippen LogP contribution in [0.25, 0.3) is 22.3 Å². The average molecular weight is 310 g/mol. The normalized spacial score (nSPS) is 10.7. The van der Waals surface area contributed by atoms with Crippen LogP contribution >= 0.6 is 0 Å². The van der Waals surface area contributed by atoms with Gasteiger partial charge in [0, 0.05) is 5.56 Å². The monoisotopic (exact) mass is 310 g/mol. The summed E-state index contributed by atoms with van der Waals surface area (Å²) in [5.41, 5.74) is 1.08. The molecule has 0 aliphatic carbocycles. The topological polar surface area (TPSA) is 48.7 Å². The highest BCUT2D eigenvalue weighted by molar-refractivity contribution is 5.87. The van der Waals surface area contributed by atoms with Crippen molar-refractivity contribution in [3.05, 3.63) is 58.8 Å². The van der Waals surface area contributed by atoms with Crippen molar-refractivity contribution in [2.45, 2.75) is 13.8 Å². The van der Waals surface area contributed by atoms with E-state index in [1.165, 1.54) is 0 Å². The second-order valence-corrected chi connectivity index (χ2v) is 4.95. The van der Waals surface area contributed by atoms with E-state index in [-0.39, 0.29) is 11.2 Å². The molecular formula is C19H18O4. The third-order valence-electron chi connectivity index (χ3n) is 3.46. The molecule has 0 amide bonds. The maximum absolute atomic E-state index is 12.9. The van der Waals surface area contributed by atoms with E-state index in [4.69, 9.17) is 13.9 Å². The smallest absolute Gasteiger partial charge is 0.239 e. The molecule has 0 fully saturated rings. The van der Waals surface area contributed by atoms with Gasteiger partial charge in [0.25, 0.3) is 0 Å². The van der Waals surface area contributed by atoms with Gasteiger partial charge in [0.05, 0.1) is 13.2 Å². The molecule has 3 rings (SSSR count). The number of benzene rings is 2. The number of hydrogen-bond donors (Lipinski definition) is 0. The van der Waals surface area contributed by atoms with Gasteiger partial charge in [-0.05, 0) is 26.0 Å². The van der Waals surface area contributed by atoms with Gasteiger partial charge < -0.3 is 13.9 Å². The minimum atomic E-state index is -0.212. The Hall–Kier alpha value is -2.75. The quantitative estimate of drug-likeness (QED) is 0.706. The maximum Gasteiger partial charge on any atom is 0.239 e. The minimum Gasteiger partial charge on any atom is -0.493 e. The predicted octanol–water partition coefficient (Wildman–Crippen LogP) is 4.26. The van der Waals surface area contributed by atoms with Crippen molar-refractivity contribution in [2.75, 3.05) is 13.2 Å². The van der Waals surface area contributed by atoms with Gasteiger partial charge >= 0.3 is 0 Å². The van der Waals surface area contributed by atoms with Crippen LogP contribution in [0.4, 0.5) is 0 Å². The second kappa shape index (κ2) is 6.57. The molecule has 0 bridgehead atoms. The predicted molar refractivity (Wildman–Crippen MR) is 90.3 cm³/mol. The summed E-state index contributed by atoms with van der Waals surface area (Å²) in [5, 5.41) is 0.414. The zero-order valence-corrected chi connectivity index (χ0v) is 13.2. The maximum atomic E-state index is 12.9. The molecule has 0 spiro atoms. The van der Waals surface area contributed by atoms with E-state index < -0.39 is 0 Å². The summed E-state index contributed by atoms with van der Waals surface area (Å²) in [4.78, 5) is 12.9. The molecule has 2 aromatic carbocycles. The van der Waals surface area contributed by atoms with Crippen LogP contribution in [-0.4, -0.2) is 13.2 Å². The van der Waals surface area contributed by atoms with Crippen LogP contribution in [0.2, 0.25) is 0 Å². The van der Waals surface area contributed by atoms with Crippen LogP contribution in [0.1, 0.15) is 13.8 Å². The third kappa shape index (κ3) is 2.80. The van der Waals surface area contributed by atoms with Gasteiger partial charge in [-0.2, -0.15) is 0 Å². The Labute approximate surface area is 134 Å². The molecule has 0 saturated carbocycles. The first-order valence-corrected chi connectivity index (χ1v) is 7.67. The van der Waals surface area contributed by atoms with E-state index in [2.05, 4.69) is 0 Å². The van der Waals surface area contributed by atoms with Crippen LogP contribution in [0.5, 0.6) is 11.5 Å². The lowest BCUT2D eigenvalue weighted by atomic mass is 10.1. The third-order valence-corrected chi connectivity index (χ3v) is 3.46. The molecule has 23 heavy (non-hydrogen) atoms. The zero-order valence-electron chi connectivity index (χ0n) is 13.2. The molecule has 4 nitrogen and oxygen atoms in total. The van der Waals surface area contributed by atoms with Gasteiger partial charge in [-0.25, -0.2) is 0 Å². The van der Waals surface area contributed by atoms with Gasteiger partial charge in [-0.1, -0.05) is 36.4 Å². The minimum absolute atomic E-state index is 0.212. The number of rotatable bonds is 5. The van der Waals surface area contributed by atoms with E-state index in [1.54, 1.807) is 12.1 Å². The second-order valence-electron chi connectivity index (χ2n) is 4.95. The molecule has 0 aliphatic heterocycles. The first-order chi connectivity index (χ1) is 11.3. The highest BCUT2D eigenvalue weighted by atomic mass is 16.5. The van der Waals surface area contributed by atoms with Crippen molar-refractivity contribution in [2.24, 2.45) is 0 Å². The molecule has 0 N–H and O–H groups in total. The van der Waals surface area contributed by atoms with E-state index in [1.807, 2.05) is 50.2 Å². The number of ether oxygens (including phenoxy) is 2. The van der Waals surface area contributed by atoms with Crippen LogP contribution in [0.3, 0.4) is 0 Å². The van der Waals surface area contributed by atoms with Gasteiger partial charge in [-0.3, -0.25) is 4.79 Å². The lowest BCUT2D eigenvalue weighted by molar-refractivity contribution is 0.327. The number of fused-ring (bicyclic) bond motifs is 1. The average Bonchev–Trinajstić information content (AvgIpc) is 2.58. The summed E-state index contributed by atoms with van der Waals surface area (Å²) >= 11 is 0. The van der Waals surface area contributed by atoms with Gasteiger partial charge in [0.15, 0.2) is 5.76 Å². The Kier molecular flexibility index (Phi) is 4.33. The van der Waals surface area contributed by atoms with Crippen LogP contribution in [-0.2, 0) is 0 Å². The Morgan fingerprint density at radius 3 is 2.35 bits per heavy atom. The molecule has 0 aliphatic rings. The molecule has 0 saturated heterocycles. The van der Waals surface area contributed by atoms with Crippen LogP contribution in [0, 0.1) is 0 Å². The standard InChI is InChI=1S/C19H18O4/c1-3-21-14-11-8-12-15-16(14)17(20)19(22-4-2)18(23-15)13-9-6-5-7-10-13/h5-12H,3-4H2,1-2H3. The largest absolute Gasteiger partial charge is 0.493 e. The highest BCUT2D eigenvalue weighted by Crippen LogP contribution is 2.33. The van der Waals surface area contributed by atoms with Crippen molar-refractivity contribution >= 4 is 11.0 Å². The fourth-order valence-electron chi connectivity index (χ4n) is 2.52. The SMILES string of the molecule is CCOc1c(-c2ccccc2)oc2cccc(OCC)c2c1=O. The molecule has 4 heteroatoms. The first kappa shape index (κ1) is 15.2. The van der Waals surface area contributed by atoms with Crippen molar-refractivity contribution < 1.29 is 13.9 Å². The van der Waals surface area contributed by atoms with Gasteiger partial charge in [0.2, 0.25) is 11.2 Å². The Bertz CT molecular complexity index is 866. The van der Waals surface area contributed by atoms with E-state index in [9.17, 15) is 4.79 Å². The zero-order chi connectivity index (χ0) is 16.2. The summed E-state index contributed by atoms with van der Waals surface area (Å²) in [6, 6.07) is 14.8. The fourth-order valence-corrected chi connectivity index (χ4v) is 2.52. The van der Waals surface area contributed by atoms with Crippen molar-refractivity contribution in [3.8, 4) is 22.8 Å². The summed E-state index contributed by atoms with van der Waals surface area (Å²) in [5.74, 6) is 1.18. The summed E-state index contributed by atoms with van der Waals surface area (Å²) < 4.78 is 17.2. The Morgan fingerprint density at radius 2 is 1.65 bits per heavy atom. The summed E-state index contributed by atoms with van der Waals surface area (Å²) in [6.07, 6.45) is 0. The highest BCUT2D eigenvalue weighted by Gasteiger charge is 2.19. The molecule has 1 aromatic heterocycles. The van der Waals surface area contributed by atoms with Crippen molar-refractivity contribution in [1.29, 1.82) is 0 Å². The van der Waals surface area contributed by atoms with Crippen molar-refractivity contribution in [3.63, 3.8) is 0 Å². The Morgan fingerprint density at radius 1 is 0.913 bits per heavy atom. The molecule has 0 unspecified atom stereocenters. The molecule has 0 radical (unpaired) electrons.